The van der Waals surface area contributed by atoms with Crippen LogP contribution >= 0.6 is 0 Å². The summed E-state index contributed by atoms with van der Waals surface area (Å²) >= 11 is 0. The van der Waals surface area contributed by atoms with Crippen molar-refractivity contribution < 1.29 is 19.8 Å². The molecule has 0 heterocycles. The second kappa shape index (κ2) is 10.1. The van der Waals surface area contributed by atoms with Gasteiger partial charge in [0.2, 0.25) is 11.8 Å². The number of carbonyl (C=O) groups excluding carboxylic acids is 2. The molecule has 4 N–H and O–H groups in total. The largest absolute Gasteiger partial charge is 0.394 e. The zero-order chi connectivity index (χ0) is 19.7. The molecule has 2 amide bonds. The summed E-state index contributed by atoms with van der Waals surface area (Å²) in [7, 11) is 0. The van der Waals surface area contributed by atoms with Gasteiger partial charge in [-0.05, 0) is 38.5 Å². The van der Waals surface area contributed by atoms with E-state index < -0.39 is 16.5 Å². The maximum atomic E-state index is 13.1. The van der Waals surface area contributed by atoms with Crippen molar-refractivity contribution in [1.29, 1.82) is 0 Å². The molecule has 25 heavy (non-hydrogen) atoms. The first kappa shape index (κ1) is 23.9. The van der Waals surface area contributed by atoms with Gasteiger partial charge < -0.3 is 20.8 Å². The van der Waals surface area contributed by atoms with Gasteiger partial charge in [-0.3, -0.25) is 9.59 Å². The first-order valence-corrected chi connectivity index (χ1v) is 9.61. The van der Waals surface area contributed by atoms with Crippen LogP contribution < -0.4 is 10.6 Å². The van der Waals surface area contributed by atoms with Crippen LogP contribution in [0.4, 0.5) is 0 Å². The van der Waals surface area contributed by atoms with Gasteiger partial charge in [-0.2, -0.15) is 0 Å². The number of aliphatic hydroxyl groups excluding tert-OH is 2. The van der Waals surface area contributed by atoms with Crippen LogP contribution in [0, 0.1) is 5.41 Å². The Balaban J connectivity index is 5.67. The van der Waals surface area contributed by atoms with E-state index in [1.807, 2.05) is 41.5 Å². The van der Waals surface area contributed by atoms with Crippen LogP contribution in [-0.2, 0) is 9.59 Å². The third-order valence-corrected chi connectivity index (χ3v) is 6.15. The average Bonchev–Trinajstić information content (AvgIpc) is 2.65. The van der Waals surface area contributed by atoms with Crippen LogP contribution in [-0.4, -0.2) is 46.3 Å². The molecule has 0 aromatic heterocycles. The van der Waals surface area contributed by atoms with Crippen molar-refractivity contribution in [2.75, 3.05) is 13.2 Å². The lowest BCUT2D eigenvalue weighted by molar-refractivity contribution is -0.147. The lowest BCUT2D eigenvalue weighted by Gasteiger charge is -2.39. The van der Waals surface area contributed by atoms with Gasteiger partial charge in [-0.1, -0.05) is 41.5 Å². The van der Waals surface area contributed by atoms with Crippen molar-refractivity contribution in [2.45, 2.75) is 91.1 Å². The van der Waals surface area contributed by atoms with Gasteiger partial charge in [0.15, 0.2) is 0 Å². The van der Waals surface area contributed by atoms with E-state index in [0.717, 1.165) is 0 Å². The first-order chi connectivity index (χ1) is 11.7. The molecule has 0 saturated carbocycles. The summed E-state index contributed by atoms with van der Waals surface area (Å²) in [6.07, 6.45) is 3.04. The minimum Gasteiger partial charge on any atom is -0.394 e. The predicted octanol–water partition coefficient (Wildman–Crippen LogP) is 2.13. The summed E-state index contributed by atoms with van der Waals surface area (Å²) < 4.78 is 0. The van der Waals surface area contributed by atoms with Crippen LogP contribution in [0.15, 0.2) is 0 Å². The molecule has 0 bridgehead atoms. The fourth-order valence-electron chi connectivity index (χ4n) is 3.10. The van der Waals surface area contributed by atoms with Crippen LogP contribution in [0.25, 0.3) is 0 Å². The molecule has 0 atom stereocenters. The van der Waals surface area contributed by atoms with Crippen LogP contribution in [0.5, 0.6) is 0 Å². The molecule has 0 fully saturated rings. The molecule has 148 valence electrons. The Labute approximate surface area is 152 Å². The van der Waals surface area contributed by atoms with Gasteiger partial charge in [0, 0.05) is 0 Å². The van der Waals surface area contributed by atoms with Crippen molar-refractivity contribution in [2.24, 2.45) is 5.41 Å². The number of amides is 2. The molecule has 0 spiro atoms. The highest BCUT2D eigenvalue weighted by molar-refractivity contribution is 6.05. The summed E-state index contributed by atoms with van der Waals surface area (Å²) in [5.74, 6) is -0.710. The third-order valence-electron chi connectivity index (χ3n) is 6.15. The molecule has 6 heteroatoms. The maximum Gasteiger partial charge on any atom is 0.236 e. The molecule has 0 aliphatic carbocycles. The predicted molar refractivity (Wildman–Crippen MR) is 100 cm³/mol. The summed E-state index contributed by atoms with van der Waals surface area (Å²) in [4.78, 5) is 26.1. The highest BCUT2D eigenvalue weighted by Crippen LogP contribution is 2.31. The summed E-state index contributed by atoms with van der Waals surface area (Å²) in [5.41, 5.74) is -2.64. The van der Waals surface area contributed by atoms with Gasteiger partial charge in [-0.25, -0.2) is 0 Å². The van der Waals surface area contributed by atoms with E-state index >= 15 is 0 Å². The minimum atomic E-state index is -1.21. The smallest absolute Gasteiger partial charge is 0.236 e. The van der Waals surface area contributed by atoms with E-state index in [-0.39, 0.29) is 25.0 Å². The zero-order valence-electron chi connectivity index (χ0n) is 16.9. The average molecular weight is 359 g/mol. The first-order valence-electron chi connectivity index (χ1n) is 9.61. The standard InChI is InChI=1S/C19H38N2O4/c1-7-17(8-2,13-22)20-15(24)19(11-5,12-6)16(25)21-18(9-3,10-4)14-23/h22-23H,7-14H2,1-6H3,(H,20,24)(H,21,25). The Bertz CT molecular complexity index is 373. The maximum absolute atomic E-state index is 13.1. The van der Waals surface area contributed by atoms with Gasteiger partial charge in [0.05, 0.1) is 24.3 Å². The van der Waals surface area contributed by atoms with E-state index in [9.17, 15) is 19.8 Å². The number of hydrogen-bond acceptors (Lipinski definition) is 4. The molecule has 0 aromatic rings. The lowest BCUT2D eigenvalue weighted by atomic mass is 9.77. The van der Waals surface area contributed by atoms with Crippen LogP contribution in [0.1, 0.15) is 80.1 Å². The quantitative estimate of drug-likeness (QED) is 0.402. The normalized spacial score (nSPS) is 12.8. The SMILES string of the molecule is CCC(CC)(CO)NC(=O)C(CC)(CC)C(=O)NC(CC)(CC)CO. The summed E-state index contributed by atoms with van der Waals surface area (Å²) in [6.45, 7) is 10.9. The Morgan fingerprint density at radius 1 is 0.640 bits per heavy atom. The van der Waals surface area contributed by atoms with Gasteiger partial charge in [0.1, 0.15) is 5.41 Å². The number of rotatable bonds is 12. The Kier molecular flexibility index (Phi) is 9.66. The number of aliphatic hydroxyl groups is 2. The van der Waals surface area contributed by atoms with E-state index in [1.54, 1.807) is 0 Å². The summed E-state index contributed by atoms with van der Waals surface area (Å²) in [5, 5.41) is 25.3. The Morgan fingerprint density at radius 2 is 0.920 bits per heavy atom. The van der Waals surface area contributed by atoms with E-state index in [2.05, 4.69) is 10.6 Å². The van der Waals surface area contributed by atoms with Crippen molar-refractivity contribution >= 4 is 11.8 Å². The number of nitrogens with one attached hydrogen (secondary N) is 2. The van der Waals surface area contributed by atoms with Gasteiger partial charge in [0.25, 0.3) is 0 Å². The van der Waals surface area contributed by atoms with Gasteiger partial charge in [-0.15, -0.1) is 0 Å². The fourth-order valence-corrected chi connectivity index (χ4v) is 3.10. The van der Waals surface area contributed by atoms with Crippen molar-refractivity contribution in [3.05, 3.63) is 0 Å². The number of carbonyl (C=O) groups is 2. The molecule has 0 aliphatic rings. The fraction of sp³-hybridized carbons (Fsp3) is 0.895. The zero-order valence-corrected chi connectivity index (χ0v) is 16.9. The molecule has 0 unspecified atom stereocenters. The van der Waals surface area contributed by atoms with E-state index in [1.165, 1.54) is 0 Å². The molecule has 0 radical (unpaired) electrons. The van der Waals surface area contributed by atoms with Crippen LogP contribution in [0.3, 0.4) is 0 Å². The second-order valence-electron chi connectivity index (χ2n) is 6.99. The van der Waals surface area contributed by atoms with Crippen molar-refractivity contribution in [3.63, 3.8) is 0 Å². The summed E-state index contributed by atoms with van der Waals surface area (Å²) in [6, 6.07) is 0. The molecular weight excluding hydrogens is 320 g/mol. The van der Waals surface area contributed by atoms with E-state index in [0.29, 0.717) is 38.5 Å². The monoisotopic (exact) mass is 358 g/mol. The molecule has 6 nitrogen and oxygen atoms in total. The Hall–Kier alpha value is -1.14. The molecule has 0 aliphatic heterocycles. The molecule has 0 rings (SSSR count). The molecule has 0 aromatic carbocycles. The minimum absolute atomic E-state index is 0.165. The highest BCUT2D eigenvalue weighted by Gasteiger charge is 2.47. The van der Waals surface area contributed by atoms with Crippen LogP contribution in [0.2, 0.25) is 0 Å². The van der Waals surface area contributed by atoms with E-state index in [4.69, 9.17) is 0 Å². The third kappa shape index (κ3) is 4.94. The van der Waals surface area contributed by atoms with Crippen molar-refractivity contribution in [1.82, 2.24) is 10.6 Å². The lowest BCUT2D eigenvalue weighted by Crippen LogP contribution is -2.62. The molecular formula is C19H38N2O4. The number of hydrogen-bond donors (Lipinski definition) is 4. The highest BCUT2D eigenvalue weighted by atomic mass is 16.3. The van der Waals surface area contributed by atoms with Crippen molar-refractivity contribution in [3.8, 4) is 0 Å². The topological polar surface area (TPSA) is 98.7 Å². The van der Waals surface area contributed by atoms with Gasteiger partial charge >= 0.3 is 0 Å². The Morgan fingerprint density at radius 3 is 1.08 bits per heavy atom. The second-order valence-corrected chi connectivity index (χ2v) is 6.99. The molecule has 0 saturated heterocycles.